The summed E-state index contributed by atoms with van der Waals surface area (Å²) in [6.07, 6.45) is 7.36. The van der Waals surface area contributed by atoms with Gasteiger partial charge in [-0.25, -0.2) is 9.78 Å². The second-order valence-corrected chi connectivity index (χ2v) is 9.77. The molecule has 6 rings (SSSR count). The van der Waals surface area contributed by atoms with Crippen LogP contribution in [0.15, 0.2) is 34.2 Å². The van der Waals surface area contributed by atoms with Crippen molar-refractivity contribution in [3.8, 4) is 16.5 Å². The summed E-state index contributed by atoms with van der Waals surface area (Å²) in [6.45, 7) is 1.25. The third kappa shape index (κ3) is 4.49. The van der Waals surface area contributed by atoms with Crippen molar-refractivity contribution in [1.82, 2.24) is 29.9 Å². The Labute approximate surface area is 202 Å². The van der Waals surface area contributed by atoms with E-state index in [-0.39, 0.29) is 29.6 Å². The summed E-state index contributed by atoms with van der Waals surface area (Å²) in [6, 6.07) is 5.80. The zero-order valence-corrected chi connectivity index (χ0v) is 19.5. The average Bonchev–Trinajstić information content (AvgIpc) is 3.28. The van der Waals surface area contributed by atoms with E-state index in [4.69, 9.17) is 14.7 Å². The standard InChI is InChI=1S/C23H23N7O4S/c31-21-16(28-23(33)29-21)8-12-10-25-30-19(26-13-3-4-13)9-15(27-20(12)30)17-5-6-18(35-17)22(32)24-11-14-2-1-7-34-14/h5-6,8-10,13-14,31H,1-4,7,11H2,(H,24,32)(H2,28,29,33). The summed E-state index contributed by atoms with van der Waals surface area (Å²) in [5, 5.41) is 18.0. The van der Waals surface area contributed by atoms with Gasteiger partial charge in [-0.05, 0) is 43.9 Å². The number of aromatic hydroxyl groups is 1. The summed E-state index contributed by atoms with van der Waals surface area (Å²) in [5.41, 5.74) is 1.59. The second-order valence-electron chi connectivity index (χ2n) is 8.69. The monoisotopic (exact) mass is 493 g/mol. The van der Waals surface area contributed by atoms with Crippen molar-refractivity contribution in [3.63, 3.8) is 0 Å². The first kappa shape index (κ1) is 21.7. The van der Waals surface area contributed by atoms with Crippen molar-refractivity contribution in [3.05, 3.63) is 56.2 Å². The second kappa shape index (κ2) is 8.78. The lowest BCUT2D eigenvalue weighted by molar-refractivity contribution is 0.0861. The molecule has 2 aliphatic rings. The Hall–Kier alpha value is -3.77. The minimum atomic E-state index is -0.507. The number of H-pyrrole nitrogens is 2. The Kier molecular flexibility index (Phi) is 5.46. The molecule has 35 heavy (non-hydrogen) atoms. The summed E-state index contributed by atoms with van der Waals surface area (Å²) >= 11 is 1.36. The zero-order valence-electron chi connectivity index (χ0n) is 18.7. The highest BCUT2D eigenvalue weighted by atomic mass is 32.1. The van der Waals surface area contributed by atoms with Crippen LogP contribution in [0.3, 0.4) is 0 Å². The number of nitrogens with one attached hydrogen (secondary N) is 3. The van der Waals surface area contributed by atoms with E-state index in [9.17, 15) is 14.7 Å². The Balaban J connectivity index is 1.38. The summed E-state index contributed by atoms with van der Waals surface area (Å²) in [5.74, 6) is -0.392. The molecular formula is C23H23N7O4S. The van der Waals surface area contributed by atoms with Crippen LogP contribution in [-0.2, 0) is 4.74 Å². The molecule has 1 aliphatic carbocycles. The van der Waals surface area contributed by atoms with Gasteiger partial charge in [0, 0.05) is 24.4 Å². The highest BCUT2D eigenvalue weighted by molar-refractivity contribution is 7.17. The molecular weight excluding hydrogens is 470 g/mol. The summed E-state index contributed by atoms with van der Waals surface area (Å²) in [4.78, 5) is 40.0. The molecule has 1 saturated heterocycles. The normalized spacial score (nSPS) is 19.1. The van der Waals surface area contributed by atoms with Crippen molar-refractivity contribution in [2.45, 2.75) is 37.8 Å². The zero-order chi connectivity index (χ0) is 23.9. The topological polar surface area (TPSA) is 150 Å². The Morgan fingerprint density at radius 3 is 2.97 bits per heavy atom. The van der Waals surface area contributed by atoms with Gasteiger partial charge in [-0.3, -0.25) is 14.8 Å². The molecule has 4 aromatic rings. The first-order chi connectivity index (χ1) is 17.0. The van der Waals surface area contributed by atoms with Crippen LogP contribution in [0.4, 0.5) is 0 Å². The van der Waals surface area contributed by atoms with E-state index in [1.54, 1.807) is 22.9 Å². The van der Waals surface area contributed by atoms with Gasteiger partial charge in [0.15, 0.2) is 11.1 Å². The van der Waals surface area contributed by atoms with Gasteiger partial charge in [0.25, 0.3) is 5.91 Å². The fraction of sp³-hybridized carbons (Fsp3) is 0.348. The van der Waals surface area contributed by atoms with Crippen LogP contribution >= 0.6 is 11.3 Å². The summed E-state index contributed by atoms with van der Waals surface area (Å²) in [7, 11) is 0. The van der Waals surface area contributed by atoms with Gasteiger partial charge in [0.05, 0.1) is 33.8 Å². The van der Waals surface area contributed by atoms with E-state index in [0.29, 0.717) is 33.5 Å². The molecule has 11 nitrogen and oxygen atoms in total. The number of aromatic nitrogens is 5. The van der Waals surface area contributed by atoms with Gasteiger partial charge in [-0.2, -0.15) is 9.61 Å². The Morgan fingerprint density at radius 2 is 2.23 bits per heavy atom. The van der Waals surface area contributed by atoms with E-state index in [0.717, 1.165) is 37.2 Å². The number of carbonyl (C=O) groups is 1. The maximum atomic E-state index is 12.7. The fourth-order valence-corrected chi connectivity index (χ4v) is 4.90. The van der Waals surface area contributed by atoms with E-state index >= 15 is 0 Å². The number of aromatic amines is 2. The summed E-state index contributed by atoms with van der Waals surface area (Å²) < 4.78 is 7.23. The van der Waals surface area contributed by atoms with Crippen LogP contribution in [0.25, 0.3) is 22.3 Å². The molecule has 1 saturated carbocycles. The number of ether oxygens (including phenoxy) is 1. The highest BCUT2D eigenvalue weighted by Crippen LogP contribution is 2.27. The van der Waals surface area contributed by atoms with Gasteiger partial charge in [-0.1, -0.05) is 0 Å². The molecule has 1 atom stereocenters. The maximum Gasteiger partial charge on any atom is 0.326 e. The predicted molar refractivity (Wildman–Crippen MR) is 128 cm³/mol. The van der Waals surface area contributed by atoms with E-state index in [2.05, 4.69) is 20.4 Å². The first-order valence-corrected chi connectivity index (χ1v) is 12.3. The van der Waals surface area contributed by atoms with Gasteiger partial charge in [0.1, 0.15) is 5.69 Å². The molecule has 0 spiro atoms. The number of imidazole rings is 1. The molecule has 0 bridgehead atoms. The molecule has 1 amide bonds. The SMILES string of the molecule is O=C(NCC1CCCO1)c1ccc(-c2cc(=NC3CC3)n3ncc(=Cc4[nH]c(=O)[nH]c4O)c3n2)s1. The van der Waals surface area contributed by atoms with Gasteiger partial charge < -0.3 is 20.1 Å². The largest absolute Gasteiger partial charge is 0.493 e. The molecule has 12 heteroatoms. The lowest BCUT2D eigenvalue weighted by Crippen LogP contribution is -2.31. The molecule has 5 heterocycles. The molecule has 0 radical (unpaired) electrons. The van der Waals surface area contributed by atoms with Crippen molar-refractivity contribution < 1.29 is 14.6 Å². The Bertz CT molecular complexity index is 1590. The number of thiophene rings is 1. The van der Waals surface area contributed by atoms with Crippen LogP contribution in [0.5, 0.6) is 5.88 Å². The number of carbonyl (C=O) groups excluding carboxylic acids is 1. The van der Waals surface area contributed by atoms with Crippen LogP contribution in [0.1, 0.15) is 41.0 Å². The minimum Gasteiger partial charge on any atom is -0.493 e. The number of hydrogen-bond acceptors (Lipinski definition) is 8. The van der Waals surface area contributed by atoms with Crippen LogP contribution < -0.4 is 21.7 Å². The quantitative estimate of drug-likeness (QED) is 0.311. The van der Waals surface area contributed by atoms with Crippen LogP contribution in [0, 0.1) is 0 Å². The van der Waals surface area contributed by atoms with Crippen molar-refractivity contribution in [2.24, 2.45) is 4.99 Å². The number of amides is 1. The molecule has 4 aromatic heterocycles. The van der Waals surface area contributed by atoms with E-state index in [1.165, 1.54) is 11.3 Å². The third-order valence-corrected chi connectivity index (χ3v) is 7.08. The molecule has 0 aromatic carbocycles. The van der Waals surface area contributed by atoms with Gasteiger partial charge >= 0.3 is 5.69 Å². The van der Waals surface area contributed by atoms with Crippen molar-refractivity contribution in [1.29, 1.82) is 0 Å². The lowest BCUT2D eigenvalue weighted by Gasteiger charge is -2.09. The van der Waals surface area contributed by atoms with Crippen LogP contribution in [-0.4, -0.2) is 60.9 Å². The number of rotatable bonds is 6. The highest BCUT2D eigenvalue weighted by Gasteiger charge is 2.21. The van der Waals surface area contributed by atoms with Crippen molar-refractivity contribution in [2.75, 3.05) is 13.2 Å². The molecule has 180 valence electrons. The van der Waals surface area contributed by atoms with Crippen molar-refractivity contribution >= 4 is 29.0 Å². The average molecular weight is 494 g/mol. The number of fused-ring (bicyclic) bond motifs is 1. The molecule has 4 N–H and O–H groups in total. The maximum absolute atomic E-state index is 12.7. The third-order valence-electron chi connectivity index (χ3n) is 5.97. The number of hydrogen-bond donors (Lipinski definition) is 4. The number of nitrogens with zero attached hydrogens (tertiary/aromatic N) is 4. The smallest absolute Gasteiger partial charge is 0.326 e. The predicted octanol–water partition coefficient (Wildman–Crippen LogP) is 0.699. The lowest BCUT2D eigenvalue weighted by atomic mass is 10.2. The molecule has 2 fully saturated rings. The molecule has 1 unspecified atom stereocenters. The van der Waals surface area contributed by atoms with Crippen LogP contribution in [0.2, 0.25) is 0 Å². The minimum absolute atomic E-state index is 0.0833. The van der Waals surface area contributed by atoms with Gasteiger partial charge in [-0.15, -0.1) is 11.3 Å². The van der Waals surface area contributed by atoms with Gasteiger partial charge in [0.2, 0.25) is 5.88 Å². The van der Waals surface area contributed by atoms with E-state index in [1.807, 2.05) is 12.1 Å². The molecule has 1 aliphatic heterocycles. The first-order valence-electron chi connectivity index (χ1n) is 11.5. The fourth-order valence-electron chi connectivity index (χ4n) is 4.02. The van der Waals surface area contributed by atoms with E-state index < -0.39 is 5.69 Å². The Morgan fingerprint density at radius 1 is 1.34 bits per heavy atom.